The first-order chi connectivity index (χ1) is 10.6. The van der Waals surface area contributed by atoms with Gasteiger partial charge >= 0.3 is 0 Å². The average Bonchev–Trinajstić information content (AvgIpc) is 2.53. The molecule has 0 aliphatic carbocycles. The molecule has 0 radical (unpaired) electrons. The van der Waals surface area contributed by atoms with Crippen molar-refractivity contribution in [2.24, 2.45) is 0 Å². The van der Waals surface area contributed by atoms with E-state index in [4.69, 9.17) is 0 Å². The van der Waals surface area contributed by atoms with E-state index in [1.54, 1.807) is 18.2 Å². The fourth-order valence-electron chi connectivity index (χ4n) is 2.16. The smallest absolute Gasteiger partial charge is 0.230 e. The normalized spacial score (nSPS) is 12.0. The molecule has 2 aromatic rings. The maximum Gasteiger partial charge on any atom is 0.230 e. The predicted octanol–water partition coefficient (Wildman–Crippen LogP) is 4.49. The number of carbonyl (C=O) groups excluding carboxylic acids is 1. The minimum atomic E-state index is -0.286. The molecule has 0 saturated carbocycles. The summed E-state index contributed by atoms with van der Waals surface area (Å²) in [5.41, 5.74) is 2.29. The topological polar surface area (TPSA) is 29.1 Å². The van der Waals surface area contributed by atoms with Gasteiger partial charge in [0.2, 0.25) is 5.91 Å². The molecular formula is C18H20FNOS. The number of halogens is 1. The summed E-state index contributed by atoms with van der Waals surface area (Å²) in [6, 6.07) is 14.6. The summed E-state index contributed by atoms with van der Waals surface area (Å²) in [5.74, 6) is -0.157. The van der Waals surface area contributed by atoms with Crippen LogP contribution in [0.5, 0.6) is 0 Å². The number of carbonyl (C=O) groups is 1. The van der Waals surface area contributed by atoms with E-state index in [2.05, 4.69) is 5.32 Å². The molecular weight excluding hydrogens is 297 g/mol. The van der Waals surface area contributed by atoms with Gasteiger partial charge in [0.25, 0.3) is 0 Å². The summed E-state index contributed by atoms with van der Waals surface area (Å²) in [5, 5.41) is 3.01. The van der Waals surface area contributed by atoms with Gasteiger partial charge in [-0.25, -0.2) is 4.39 Å². The summed E-state index contributed by atoms with van der Waals surface area (Å²) >= 11 is 1.22. The lowest BCUT2D eigenvalue weighted by atomic mass is 10.0. The molecule has 0 aliphatic heterocycles. The highest BCUT2D eigenvalue weighted by Crippen LogP contribution is 2.22. The fourth-order valence-corrected chi connectivity index (χ4v) is 2.91. The minimum Gasteiger partial charge on any atom is -0.349 e. The van der Waals surface area contributed by atoms with Crippen molar-refractivity contribution >= 4 is 17.7 Å². The van der Waals surface area contributed by atoms with Crippen molar-refractivity contribution in [3.05, 3.63) is 65.5 Å². The first kappa shape index (κ1) is 16.6. The zero-order chi connectivity index (χ0) is 15.9. The Morgan fingerprint density at radius 2 is 1.86 bits per heavy atom. The maximum absolute atomic E-state index is 13.5. The predicted molar refractivity (Wildman–Crippen MR) is 89.5 cm³/mol. The van der Waals surface area contributed by atoms with E-state index in [0.717, 1.165) is 12.0 Å². The van der Waals surface area contributed by atoms with Crippen molar-refractivity contribution in [2.45, 2.75) is 31.2 Å². The van der Waals surface area contributed by atoms with E-state index in [9.17, 15) is 9.18 Å². The van der Waals surface area contributed by atoms with Crippen LogP contribution < -0.4 is 5.32 Å². The Balaban J connectivity index is 1.92. The van der Waals surface area contributed by atoms with E-state index >= 15 is 0 Å². The van der Waals surface area contributed by atoms with Crippen LogP contribution in [0.25, 0.3) is 0 Å². The number of hydrogen-bond donors (Lipinski definition) is 1. The fraction of sp³-hybridized carbons (Fsp3) is 0.278. The summed E-state index contributed by atoms with van der Waals surface area (Å²) in [6.07, 6.45) is 0.819. The van der Waals surface area contributed by atoms with Crippen LogP contribution in [0.2, 0.25) is 0 Å². The van der Waals surface area contributed by atoms with Gasteiger partial charge in [-0.15, -0.1) is 11.8 Å². The molecule has 0 heterocycles. The lowest BCUT2D eigenvalue weighted by Crippen LogP contribution is -2.29. The van der Waals surface area contributed by atoms with E-state index in [1.807, 2.05) is 38.1 Å². The summed E-state index contributed by atoms with van der Waals surface area (Å²) < 4.78 is 13.5. The molecule has 0 spiro atoms. The number of benzene rings is 2. The van der Waals surface area contributed by atoms with Crippen molar-refractivity contribution in [2.75, 3.05) is 5.75 Å². The van der Waals surface area contributed by atoms with Crippen LogP contribution in [0.1, 0.15) is 30.5 Å². The maximum atomic E-state index is 13.5. The molecule has 2 rings (SSSR count). The third kappa shape index (κ3) is 4.60. The number of rotatable bonds is 6. The second kappa shape index (κ2) is 7.99. The Labute approximate surface area is 135 Å². The third-order valence-electron chi connectivity index (χ3n) is 3.42. The van der Waals surface area contributed by atoms with Gasteiger partial charge in [0.05, 0.1) is 11.8 Å². The van der Waals surface area contributed by atoms with E-state index in [0.29, 0.717) is 4.90 Å². The van der Waals surface area contributed by atoms with Crippen LogP contribution in [0, 0.1) is 12.7 Å². The summed E-state index contributed by atoms with van der Waals surface area (Å²) in [7, 11) is 0. The first-order valence-electron chi connectivity index (χ1n) is 7.33. The monoisotopic (exact) mass is 317 g/mol. The van der Waals surface area contributed by atoms with Crippen molar-refractivity contribution in [1.82, 2.24) is 5.32 Å². The minimum absolute atomic E-state index is 0.00526. The number of amides is 1. The zero-order valence-electron chi connectivity index (χ0n) is 12.8. The molecule has 1 atom stereocenters. The quantitative estimate of drug-likeness (QED) is 0.795. The van der Waals surface area contributed by atoms with Crippen LogP contribution in [-0.4, -0.2) is 11.7 Å². The van der Waals surface area contributed by atoms with Crippen molar-refractivity contribution in [1.29, 1.82) is 0 Å². The summed E-state index contributed by atoms with van der Waals surface area (Å²) in [6.45, 7) is 4.07. The van der Waals surface area contributed by atoms with Gasteiger partial charge in [0, 0.05) is 4.90 Å². The molecule has 4 heteroatoms. The molecule has 0 bridgehead atoms. The Hall–Kier alpha value is -1.81. The Kier molecular flexibility index (Phi) is 6.01. The van der Waals surface area contributed by atoms with Gasteiger partial charge < -0.3 is 5.32 Å². The Morgan fingerprint density at radius 3 is 2.50 bits per heavy atom. The molecule has 0 saturated heterocycles. The lowest BCUT2D eigenvalue weighted by molar-refractivity contribution is -0.119. The van der Waals surface area contributed by atoms with E-state index in [-0.39, 0.29) is 23.5 Å². The van der Waals surface area contributed by atoms with Gasteiger partial charge in [-0.2, -0.15) is 0 Å². The van der Waals surface area contributed by atoms with Gasteiger partial charge in [-0.1, -0.05) is 48.9 Å². The molecule has 1 N–H and O–H groups in total. The highest BCUT2D eigenvalue weighted by Gasteiger charge is 2.13. The van der Waals surface area contributed by atoms with Crippen molar-refractivity contribution < 1.29 is 9.18 Å². The molecule has 2 nitrogen and oxygen atoms in total. The standard InChI is InChI=1S/C18H20FNOS/c1-3-16(14-10-8-13(2)9-11-14)20-18(21)12-22-17-7-5-4-6-15(17)19/h4-11,16H,3,12H2,1-2H3,(H,20,21)/t16-/m0/s1. The van der Waals surface area contributed by atoms with Gasteiger partial charge in [0.15, 0.2) is 0 Å². The first-order valence-corrected chi connectivity index (χ1v) is 8.32. The van der Waals surface area contributed by atoms with Crippen molar-refractivity contribution in [3.63, 3.8) is 0 Å². The van der Waals surface area contributed by atoms with Crippen LogP contribution in [0.4, 0.5) is 4.39 Å². The molecule has 116 valence electrons. The van der Waals surface area contributed by atoms with Crippen LogP contribution in [0.15, 0.2) is 53.4 Å². The Bertz CT molecular complexity index is 627. The van der Waals surface area contributed by atoms with Crippen molar-refractivity contribution in [3.8, 4) is 0 Å². The third-order valence-corrected chi connectivity index (χ3v) is 4.47. The number of aryl methyl sites for hydroxylation is 1. The van der Waals surface area contributed by atoms with E-state index < -0.39 is 0 Å². The molecule has 1 amide bonds. The molecule has 2 aromatic carbocycles. The lowest BCUT2D eigenvalue weighted by Gasteiger charge is -2.17. The van der Waals surface area contributed by atoms with E-state index in [1.165, 1.54) is 23.4 Å². The number of nitrogens with one attached hydrogen (secondary N) is 1. The number of thioether (sulfide) groups is 1. The van der Waals surface area contributed by atoms with Gasteiger partial charge in [0.1, 0.15) is 5.82 Å². The van der Waals surface area contributed by atoms with Gasteiger partial charge in [-0.05, 0) is 31.0 Å². The molecule has 0 aliphatic rings. The van der Waals surface area contributed by atoms with Gasteiger partial charge in [-0.3, -0.25) is 4.79 Å². The zero-order valence-corrected chi connectivity index (χ0v) is 13.6. The molecule has 0 fully saturated rings. The molecule has 0 aromatic heterocycles. The average molecular weight is 317 g/mol. The molecule has 0 unspecified atom stereocenters. The SMILES string of the molecule is CC[C@H](NC(=O)CSc1ccccc1F)c1ccc(C)cc1. The van der Waals surface area contributed by atoms with Crippen LogP contribution in [-0.2, 0) is 4.79 Å². The number of hydrogen-bond acceptors (Lipinski definition) is 2. The second-order valence-corrected chi connectivity index (χ2v) is 6.18. The highest BCUT2D eigenvalue weighted by molar-refractivity contribution is 8.00. The largest absolute Gasteiger partial charge is 0.349 e. The second-order valence-electron chi connectivity index (χ2n) is 5.16. The van der Waals surface area contributed by atoms with Crippen LogP contribution >= 0.6 is 11.8 Å². The highest BCUT2D eigenvalue weighted by atomic mass is 32.2. The Morgan fingerprint density at radius 1 is 1.18 bits per heavy atom. The van der Waals surface area contributed by atoms with Crippen LogP contribution in [0.3, 0.4) is 0 Å². The molecule has 22 heavy (non-hydrogen) atoms. The summed E-state index contributed by atoms with van der Waals surface area (Å²) in [4.78, 5) is 12.6.